The van der Waals surface area contributed by atoms with Gasteiger partial charge >= 0.3 is 5.97 Å². The minimum absolute atomic E-state index is 0.0848. The first-order valence-corrected chi connectivity index (χ1v) is 11.9. The number of fused-ring (bicyclic) bond motifs is 3. The lowest BCUT2D eigenvalue weighted by atomic mass is 9.65. The summed E-state index contributed by atoms with van der Waals surface area (Å²) in [5.74, 6) is 0.649. The van der Waals surface area contributed by atoms with Gasteiger partial charge in [0.25, 0.3) is 0 Å². The Morgan fingerprint density at radius 1 is 0.944 bits per heavy atom. The van der Waals surface area contributed by atoms with E-state index in [1.165, 1.54) is 14.2 Å². The Morgan fingerprint density at radius 2 is 1.61 bits per heavy atom. The minimum Gasteiger partial charge on any atom is -0.502 e. The molecule has 8 nitrogen and oxygen atoms in total. The van der Waals surface area contributed by atoms with Crippen LogP contribution in [0.3, 0.4) is 0 Å². The van der Waals surface area contributed by atoms with Crippen molar-refractivity contribution >= 4 is 5.97 Å². The second kappa shape index (κ2) is 8.95. The second-order valence-corrected chi connectivity index (χ2v) is 9.25. The molecular weight excluding hydrogens is 462 g/mol. The monoisotopic (exact) mass is 489 g/mol. The zero-order valence-corrected chi connectivity index (χ0v) is 20.0. The van der Waals surface area contributed by atoms with Crippen molar-refractivity contribution in [3.63, 3.8) is 0 Å². The van der Waals surface area contributed by atoms with Gasteiger partial charge in [-0.15, -0.1) is 0 Å². The number of rotatable bonds is 6. The Hall–Kier alpha value is -3.91. The maximum Gasteiger partial charge on any atom is 0.310 e. The van der Waals surface area contributed by atoms with Crippen molar-refractivity contribution in [2.45, 2.75) is 18.5 Å². The van der Waals surface area contributed by atoms with Gasteiger partial charge in [-0.3, -0.25) is 4.79 Å². The highest BCUT2D eigenvalue weighted by molar-refractivity contribution is 5.79. The molecule has 36 heavy (non-hydrogen) atoms. The van der Waals surface area contributed by atoms with Crippen molar-refractivity contribution in [2.75, 3.05) is 27.6 Å². The van der Waals surface area contributed by atoms with E-state index >= 15 is 0 Å². The Bertz CT molecular complexity index is 1280. The molecule has 1 aliphatic carbocycles. The van der Waals surface area contributed by atoms with Gasteiger partial charge in [-0.25, -0.2) is 0 Å². The first kappa shape index (κ1) is 22.5. The summed E-state index contributed by atoms with van der Waals surface area (Å²) in [7, 11) is 2.97. The Kier molecular flexibility index (Phi) is 5.60. The molecule has 0 bridgehead atoms. The molecule has 6 rings (SSSR count). The van der Waals surface area contributed by atoms with Crippen molar-refractivity contribution in [1.29, 1.82) is 0 Å². The predicted molar refractivity (Wildman–Crippen MR) is 130 cm³/mol. The summed E-state index contributed by atoms with van der Waals surface area (Å²) in [4.78, 5) is 13.2. The quantitative estimate of drug-likeness (QED) is 0.504. The number of cyclic esters (lactones) is 1. The molecule has 2 heterocycles. The molecule has 3 aromatic rings. The molecule has 186 valence electrons. The van der Waals surface area contributed by atoms with Gasteiger partial charge in [0.1, 0.15) is 0 Å². The van der Waals surface area contributed by atoms with E-state index < -0.39 is 5.92 Å². The molecule has 1 unspecified atom stereocenters. The van der Waals surface area contributed by atoms with Crippen LogP contribution in [0.15, 0.2) is 54.6 Å². The summed E-state index contributed by atoms with van der Waals surface area (Å²) >= 11 is 0. The van der Waals surface area contributed by atoms with Crippen LogP contribution in [0.2, 0.25) is 0 Å². The zero-order valence-electron chi connectivity index (χ0n) is 20.0. The van der Waals surface area contributed by atoms with Crippen molar-refractivity contribution in [1.82, 2.24) is 5.32 Å². The van der Waals surface area contributed by atoms with E-state index in [0.717, 1.165) is 22.3 Å². The lowest BCUT2D eigenvalue weighted by Crippen LogP contribution is -2.40. The second-order valence-electron chi connectivity index (χ2n) is 9.25. The van der Waals surface area contributed by atoms with Gasteiger partial charge in [0.05, 0.1) is 26.7 Å². The molecule has 0 spiro atoms. The molecule has 1 fully saturated rings. The number of benzene rings is 3. The average Bonchev–Trinajstić information content (AvgIpc) is 3.52. The van der Waals surface area contributed by atoms with Gasteiger partial charge in [-0.05, 0) is 46.5 Å². The van der Waals surface area contributed by atoms with Crippen LogP contribution in [-0.4, -0.2) is 38.7 Å². The first-order valence-electron chi connectivity index (χ1n) is 11.9. The summed E-state index contributed by atoms with van der Waals surface area (Å²) in [5.41, 5.74) is 3.92. The van der Waals surface area contributed by atoms with E-state index in [4.69, 9.17) is 23.7 Å². The number of hydrogen-bond acceptors (Lipinski definition) is 8. The van der Waals surface area contributed by atoms with Crippen molar-refractivity contribution in [3.05, 3.63) is 76.9 Å². The Labute approximate surface area is 208 Å². The molecule has 3 aromatic carbocycles. The molecule has 4 atom stereocenters. The summed E-state index contributed by atoms with van der Waals surface area (Å²) in [6, 6.07) is 17.5. The van der Waals surface area contributed by atoms with E-state index in [0.29, 0.717) is 24.7 Å². The van der Waals surface area contributed by atoms with Crippen LogP contribution in [0.25, 0.3) is 0 Å². The van der Waals surface area contributed by atoms with E-state index in [1.807, 2.05) is 30.3 Å². The molecule has 0 saturated carbocycles. The largest absolute Gasteiger partial charge is 0.502 e. The number of ether oxygens (including phenoxy) is 5. The number of phenols is 1. The molecule has 8 heteroatoms. The number of nitrogens with one attached hydrogen (secondary N) is 1. The van der Waals surface area contributed by atoms with E-state index in [1.54, 1.807) is 12.1 Å². The van der Waals surface area contributed by atoms with Gasteiger partial charge in [0, 0.05) is 24.4 Å². The summed E-state index contributed by atoms with van der Waals surface area (Å²) in [5, 5.41) is 14.2. The third-order valence-corrected chi connectivity index (χ3v) is 7.42. The number of phenolic OH excluding ortho intramolecular Hbond substituents is 1. The number of hydrogen-bond donors (Lipinski definition) is 2. The molecule has 3 aliphatic rings. The molecule has 0 radical (unpaired) electrons. The van der Waals surface area contributed by atoms with E-state index in [2.05, 4.69) is 17.4 Å². The highest BCUT2D eigenvalue weighted by atomic mass is 16.7. The lowest BCUT2D eigenvalue weighted by Gasteiger charge is -2.39. The molecule has 2 aliphatic heterocycles. The smallest absolute Gasteiger partial charge is 0.310 e. The van der Waals surface area contributed by atoms with Gasteiger partial charge in [0.15, 0.2) is 23.0 Å². The predicted octanol–water partition coefficient (Wildman–Crippen LogP) is 3.90. The summed E-state index contributed by atoms with van der Waals surface area (Å²) in [6.45, 7) is 1.11. The van der Waals surface area contributed by atoms with Crippen molar-refractivity contribution in [2.24, 2.45) is 11.8 Å². The van der Waals surface area contributed by atoms with E-state index in [9.17, 15) is 9.90 Å². The SMILES string of the molecule is COc1cc([C@@H]2c3cc4c(cc3[C@@H](NCc3ccccc3)C3COC(=O)[C@@H]32)OCO4)cc(OC)c1O. The molecular formula is C28H27NO7. The van der Waals surface area contributed by atoms with Crippen LogP contribution < -0.4 is 24.3 Å². The van der Waals surface area contributed by atoms with Gasteiger partial charge in [0.2, 0.25) is 12.5 Å². The first-order chi connectivity index (χ1) is 17.6. The Morgan fingerprint density at radius 3 is 2.28 bits per heavy atom. The van der Waals surface area contributed by atoms with Crippen molar-refractivity contribution < 1.29 is 33.6 Å². The number of esters is 1. The molecule has 0 amide bonds. The van der Waals surface area contributed by atoms with Gasteiger partial charge in [-0.2, -0.15) is 0 Å². The van der Waals surface area contributed by atoms with Crippen LogP contribution in [0.1, 0.15) is 34.2 Å². The van der Waals surface area contributed by atoms with E-state index in [-0.39, 0.29) is 47.9 Å². The van der Waals surface area contributed by atoms with Crippen LogP contribution in [0, 0.1) is 11.8 Å². The Balaban J connectivity index is 1.50. The molecule has 1 saturated heterocycles. The minimum atomic E-state index is -0.440. The fraction of sp³-hybridized carbons (Fsp3) is 0.321. The number of methoxy groups -OCH3 is 2. The fourth-order valence-corrected chi connectivity index (χ4v) is 5.74. The molecule has 0 aromatic heterocycles. The van der Waals surface area contributed by atoms with Crippen LogP contribution in [0.5, 0.6) is 28.7 Å². The number of carbonyl (C=O) groups excluding carboxylic acids is 1. The third kappa shape index (κ3) is 3.60. The summed E-state index contributed by atoms with van der Waals surface area (Å²) in [6.07, 6.45) is 0. The van der Waals surface area contributed by atoms with Crippen LogP contribution in [0.4, 0.5) is 0 Å². The van der Waals surface area contributed by atoms with Gasteiger partial charge in [-0.1, -0.05) is 30.3 Å². The third-order valence-electron chi connectivity index (χ3n) is 7.42. The van der Waals surface area contributed by atoms with Crippen molar-refractivity contribution in [3.8, 4) is 28.7 Å². The number of carbonyl (C=O) groups is 1. The summed E-state index contributed by atoms with van der Waals surface area (Å²) < 4.78 is 27.9. The average molecular weight is 490 g/mol. The maximum absolute atomic E-state index is 13.2. The number of aromatic hydroxyl groups is 1. The zero-order chi connectivity index (χ0) is 24.8. The fourth-order valence-electron chi connectivity index (χ4n) is 5.74. The topological polar surface area (TPSA) is 95.5 Å². The highest BCUT2D eigenvalue weighted by Crippen LogP contribution is 2.55. The van der Waals surface area contributed by atoms with Gasteiger partial charge < -0.3 is 34.1 Å². The normalized spacial score (nSPS) is 23.6. The van der Waals surface area contributed by atoms with Crippen LogP contribution in [-0.2, 0) is 16.1 Å². The lowest BCUT2D eigenvalue weighted by molar-refractivity contribution is -0.141. The highest BCUT2D eigenvalue weighted by Gasteiger charge is 2.52. The molecule has 2 N–H and O–H groups in total. The standard InChI is InChI=1S/C28H27NO7/c1-32-22-8-16(9-23(33-2)27(22)30)24-17-10-20-21(36-14-35-20)11-18(17)26(19-13-34-28(31)25(19)24)29-12-15-6-4-3-5-7-15/h3-11,19,24-26,29-30H,12-14H2,1-2H3/t19?,24-,25+,26-/m1/s1. The maximum atomic E-state index is 13.2. The van der Waals surface area contributed by atoms with Crippen LogP contribution >= 0.6 is 0 Å².